The van der Waals surface area contributed by atoms with Gasteiger partial charge in [-0.3, -0.25) is 4.79 Å². The monoisotopic (exact) mass is 291 g/mol. The standard InChI is InChI=1S/C13H16F3NO3/c14-10-2-1-3-11(8-10)20-7-4-13(19)17(5-6-18)9-12(15)16/h1-3,8,12,18H,4-7,9H2. The molecule has 0 spiro atoms. The quantitative estimate of drug-likeness (QED) is 0.793. The van der Waals surface area contributed by atoms with Crippen molar-refractivity contribution in [2.75, 3.05) is 26.3 Å². The first kappa shape index (κ1) is 16.3. The average Bonchev–Trinajstić information content (AvgIpc) is 2.37. The summed E-state index contributed by atoms with van der Waals surface area (Å²) in [6.07, 6.45) is -2.78. The van der Waals surface area contributed by atoms with Crippen LogP contribution in [0.3, 0.4) is 0 Å². The van der Waals surface area contributed by atoms with E-state index in [1.54, 1.807) is 0 Å². The van der Waals surface area contributed by atoms with E-state index in [4.69, 9.17) is 9.84 Å². The van der Waals surface area contributed by atoms with Crippen LogP contribution in [-0.2, 0) is 4.79 Å². The number of alkyl halides is 2. The zero-order valence-electron chi connectivity index (χ0n) is 10.8. The van der Waals surface area contributed by atoms with E-state index in [1.165, 1.54) is 18.2 Å². The van der Waals surface area contributed by atoms with Crippen LogP contribution >= 0.6 is 0 Å². The number of aliphatic hydroxyl groups is 1. The largest absolute Gasteiger partial charge is 0.493 e. The lowest BCUT2D eigenvalue weighted by molar-refractivity contribution is -0.134. The van der Waals surface area contributed by atoms with E-state index < -0.39 is 24.7 Å². The number of amides is 1. The van der Waals surface area contributed by atoms with Crippen LogP contribution in [0.2, 0.25) is 0 Å². The van der Waals surface area contributed by atoms with Gasteiger partial charge in [0.15, 0.2) is 0 Å². The first-order chi connectivity index (χ1) is 9.52. The first-order valence-corrected chi connectivity index (χ1v) is 6.08. The molecule has 0 aliphatic carbocycles. The Morgan fingerprint density at radius 2 is 2.15 bits per heavy atom. The molecule has 0 heterocycles. The third-order valence-electron chi connectivity index (χ3n) is 2.46. The Balaban J connectivity index is 2.40. The highest BCUT2D eigenvalue weighted by molar-refractivity contribution is 5.76. The van der Waals surface area contributed by atoms with E-state index in [9.17, 15) is 18.0 Å². The van der Waals surface area contributed by atoms with Crippen molar-refractivity contribution in [3.05, 3.63) is 30.1 Å². The Labute approximate surface area is 114 Å². The minimum absolute atomic E-state index is 0.0482. The van der Waals surface area contributed by atoms with E-state index in [2.05, 4.69) is 0 Å². The van der Waals surface area contributed by atoms with Gasteiger partial charge in [-0.2, -0.15) is 0 Å². The van der Waals surface area contributed by atoms with Gasteiger partial charge in [-0.1, -0.05) is 6.07 Å². The molecule has 4 nitrogen and oxygen atoms in total. The van der Waals surface area contributed by atoms with Crippen LogP contribution in [0.15, 0.2) is 24.3 Å². The van der Waals surface area contributed by atoms with Crippen molar-refractivity contribution in [2.24, 2.45) is 0 Å². The number of nitrogens with zero attached hydrogens (tertiary/aromatic N) is 1. The fourth-order valence-corrected chi connectivity index (χ4v) is 1.58. The van der Waals surface area contributed by atoms with Gasteiger partial charge < -0.3 is 14.7 Å². The van der Waals surface area contributed by atoms with Gasteiger partial charge in [-0.05, 0) is 12.1 Å². The van der Waals surface area contributed by atoms with E-state index >= 15 is 0 Å². The number of aliphatic hydroxyl groups excluding tert-OH is 1. The molecule has 1 aromatic carbocycles. The summed E-state index contributed by atoms with van der Waals surface area (Å²) < 4.78 is 42.5. The smallest absolute Gasteiger partial charge is 0.255 e. The van der Waals surface area contributed by atoms with E-state index in [0.717, 1.165) is 11.0 Å². The summed E-state index contributed by atoms with van der Waals surface area (Å²) in [7, 11) is 0. The number of hydrogen-bond acceptors (Lipinski definition) is 3. The number of hydrogen-bond donors (Lipinski definition) is 1. The van der Waals surface area contributed by atoms with Crippen molar-refractivity contribution in [2.45, 2.75) is 12.8 Å². The van der Waals surface area contributed by atoms with Gasteiger partial charge in [0.2, 0.25) is 5.91 Å². The predicted octanol–water partition coefficient (Wildman–Crippen LogP) is 1.68. The fourth-order valence-electron chi connectivity index (χ4n) is 1.58. The fraction of sp³-hybridized carbons (Fsp3) is 0.462. The topological polar surface area (TPSA) is 49.8 Å². The molecule has 112 valence electrons. The zero-order chi connectivity index (χ0) is 15.0. The van der Waals surface area contributed by atoms with Crippen molar-refractivity contribution in [1.29, 1.82) is 0 Å². The molecule has 0 bridgehead atoms. The molecule has 0 aromatic heterocycles. The Morgan fingerprint density at radius 1 is 1.40 bits per heavy atom. The molecule has 0 unspecified atom stereocenters. The molecule has 0 radical (unpaired) electrons. The summed E-state index contributed by atoms with van der Waals surface area (Å²) in [5.41, 5.74) is 0. The molecular formula is C13H16F3NO3. The summed E-state index contributed by atoms with van der Waals surface area (Å²) >= 11 is 0. The zero-order valence-corrected chi connectivity index (χ0v) is 10.8. The van der Waals surface area contributed by atoms with Crippen LogP contribution in [0.4, 0.5) is 13.2 Å². The van der Waals surface area contributed by atoms with Crippen LogP contribution in [0, 0.1) is 5.82 Å². The average molecular weight is 291 g/mol. The summed E-state index contributed by atoms with van der Waals surface area (Å²) in [5, 5.41) is 8.72. The van der Waals surface area contributed by atoms with E-state index in [0.29, 0.717) is 0 Å². The number of carbonyl (C=O) groups excluding carboxylic acids is 1. The SMILES string of the molecule is O=C(CCOc1cccc(F)c1)N(CCO)CC(F)F. The number of rotatable bonds is 8. The second-order valence-corrected chi connectivity index (χ2v) is 4.01. The molecule has 7 heteroatoms. The van der Waals surface area contributed by atoms with E-state index in [1.807, 2.05) is 0 Å². The summed E-state index contributed by atoms with van der Waals surface area (Å²) in [6.45, 7) is -1.31. The minimum atomic E-state index is -2.66. The third kappa shape index (κ3) is 5.92. The van der Waals surface area contributed by atoms with Gasteiger partial charge in [0.25, 0.3) is 6.43 Å². The van der Waals surface area contributed by atoms with Gasteiger partial charge >= 0.3 is 0 Å². The predicted molar refractivity (Wildman–Crippen MR) is 66.2 cm³/mol. The van der Waals surface area contributed by atoms with Gasteiger partial charge in [-0.15, -0.1) is 0 Å². The van der Waals surface area contributed by atoms with Crippen LogP contribution < -0.4 is 4.74 Å². The second-order valence-electron chi connectivity index (χ2n) is 4.01. The van der Waals surface area contributed by atoms with Crippen molar-refractivity contribution in [3.63, 3.8) is 0 Å². The number of ether oxygens (including phenoxy) is 1. The molecule has 0 aliphatic heterocycles. The summed E-state index contributed by atoms with van der Waals surface area (Å²) in [6, 6.07) is 5.40. The van der Waals surface area contributed by atoms with Gasteiger partial charge in [0.05, 0.1) is 26.2 Å². The molecule has 0 fully saturated rings. The Bertz CT molecular complexity index is 429. The van der Waals surface area contributed by atoms with Gasteiger partial charge in [0.1, 0.15) is 11.6 Å². The highest BCUT2D eigenvalue weighted by atomic mass is 19.3. The molecular weight excluding hydrogens is 275 g/mol. The summed E-state index contributed by atoms with van der Waals surface area (Å²) in [4.78, 5) is 12.5. The molecule has 0 atom stereocenters. The Morgan fingerprint density at radius 3 is 2.75 bits per heavy atom. The van der Waals surface area contributed by atoms with Crippen LogP contribution in [0.1, 0.15) is 6.42 Å². The molecule has 1 amide bonds. The lowest BCUT2D eigenvalue weighted by Crippen LogP contribution is -2.37. The van der Waals surface area contributed by atoms with Crippen molar-refractivity contribution < 1.29 is 27.8 Å². The molecule has 1 aromatic rings. The van der Waals surface area contributed by atoms with Crippen molar-refractivity contribution in [1.82, 2.24) is 4.90 Å². The van der Waals surface area contributed by atoms with Gasteiger partial charge in [-0.25, -0.2) is 13.2 Å². The molecule has 0 aliphatic rings. The number of halogens is 3. The maximum Gasteiger partial charge on any atom is 0.255 e. The molecule has 0 saturated carbocycles. The number of benzene rings is 1. The number of carbonyl (C=O) groups is 1. The third-order valence-corrected chi connectivity index (χ3v) is 2.46. The highest BCUT2D eigenvalue weighted by Crippen LogP contribution is 2.12. The lowest BCUT2D eigenvalue weighted by atomic mass is 10.3. The second kappa shape index (κ2) is 8.42. The van der Waals surface area contributed by atoms with Crippen molar-refractivity contribution >= 4 is 5.91 Å². The Kier molecular flexibility index (Phi) is 6.86. The maximum absolute atomic E-state index is 12.9. The Hall–Kier alpha value is -1.76. The van der Waals surface area contributed by atoms with Crippen molar-refractivity contribution in [3.8, 4) is 5.75 Å². The molecule has 1 N–H and O–H groups in total. The molecule has 1 rings (SSSR count). The molecule has 0 saturated heterocycles. The van der Waals surface area contributed by atoms with Crippen LogP contribution in [0.25, 0.3) is 0 Å². The van der Waals surface area contributed by atoms with Gasteiger partial charge in [0, 0.05) is 12.6 Å². The van der Waals surface area contributed by atoms with E-state index in [-0.39, 0.29) is 31.9 Å². The highest BCUT2D eigenvalue weighted by Gasteiger charge is 2.17. The lowest BCUT2D eigenvalue weighted by Gasteiger charge is -2.21. The normalized spacial score (nSPS) is 10.7. The molecule has 20 heavy (non-hydrogen) atoms. The minimum Gasteiger partial charge on any atom is -0.493 e. The summed E-state index contributed by atoms with van der Waals surface area (Å²) in [5.74, 6) is -0.746. The van der Waals surface area contributed by atoms with Crippen LogP contribution in [-0.4, -0.2) is 48.6 Å². The maximum atomic E-state index is 12.9. The first-order valence-electron chi connectivity index (χ1n) is 6.08. The van der Waals surface area contributed by atoms with Crippen LogP contribution in [0.5, 0.6) is 5.75 Å².